The molecule has 108 valence electrons. The number of methoxy groups -OCH3 is 1. The molecule has 1 aliphatic heterocycles. The molecule has 0 spiro atoms. The van der Waals surface area contributed by atoms with Gasteiger partial charge in [-0.3, -0.25) is 4.79 Å². The van der Waals surface area contributed by atoms with Crippen LogP contribution in [0.3, 0.4) is 0 Å². The number of aliphatic carboxylic acids is 1. The van der Waals surface area contributed by atoms with Crippen LogP contribution in [-0.2, 0) is 4.79 Å². The molecule has 1 saturated heterocycles. The average molecular weight is 278 g/mol. The second kappa shape index (κ2) is 6.27. The maximum atomic E-state index is 12.1. The Bertz CT molecular complexity index is 504. The molecular weight excluding hydrogens is 260 g/mol. The van der Waals surface area contributed by atoms with Crippen molar-refractivity contribution in [2.75, 3.05) is 25.5 Å². The number of benzene rings is 1. The fourth-order valence-corrected chi connectivity index (χ4v) is 2.37. The Morgan fingerprint density at radius 2 is 2.20 bits per heavy atom. The van der Waals surface area contributed by atoms with Crippen LogP contribution >= 0.6 is 0 Å². The number of nitrogens with one attached hydrogen (secondary N) is 1. The van der Waals surface area contributed by atoms with Crippen LogP contribution in [0, 0.1) is 5.92 Å². The zero-order chi connectivity index (χ0) is 14.5. The number of rotatable bonds is 4. The number of carbonyl (C=O) groups excluding carboxylic acids is 1. The lowest BCUT2D eigenvalue weighted by Crippen LogP contribution is -2.33. The van der Waals surface area contributed by atoms with Gasteiger partial charge in [0.2, 0.25) is 0 Å². The van der Waals surface area contributed by atoms with E-state index in [4.69, 9.17) is 9.84 Å². The fraction of sp³-hybridized carbons (Fsp3) is 0.429. The van der Waals surface area contributed by atoms with Gasteiger partial charge in [-0.25, -0.2) is 4.79 Å². The summed E-state index contributed by atoms with van der Waals surface area (Å²) in [6, 6.07) is 6.96. The predicted molar refractivity (Wildman–Crippen MR) is 73.9 cm³/mol. The van der Waals surface area contributed by atoms with Crippen molar-refractivity contribution in [3.05, 3.63) is 24.3 Å². The lowest BCUT2D eigenvalue weighted by Gasteiger charge is -2.18. The van der Waals surface area contributed by atoms with Crippen molar-refractivity contribution in [2.45, 2.75) is 12.8 Å². The lowest BCUT2D eigenvalue weighted by atomic mass is 10.1. The summed E-state index contributed by atoms with van der Waals surface area (Å²) in [5.41, 5.74) is 0.613. The summed E-state index contributed by atoms with van der Waals surface area (Å²) in [5, 5.41) is 11.6. The van der Waals surface area contributed by atoms with Gasteiger partial charge in [-0.05, 0) is 24.5 Å². The van der Waals surface area contributed by atoms with Gasteiger partial charge >= 0.3 is 12.0 Å². The molecule has 1 aromatic carbocycles. The molecule has 2 rings (SSSR count). The second-order valence-corrected chi connectivity index (χ2v) is 4.83. The molecule has 1 unspecified atom stereocenters. The molecule has 0 aliphatic carbocycles. The van der Waals surface area contributed by atoms with E-state index >= 15 is 0 Å². The summed E-state index contributed by atoms with van der Waals surface area (Å²) >= 11 is 0. The molecule has 0 radical (unpaired) electrons. The van der Waals surface area contributed by atoms with E-state index in [1.807, 2.05) is 12.1 Å². The topological polar surface area (TPSA) is 78.9 Å². The molecule has 6 nitrogen and oxygen atoms in total. The van der Waals surface area contributed by atoms with Crippen LogP contribution in [0.5, 0.6) is 5.75 Å². The van der Waals surface area contributed by atoms with Crippen LogP contribution in [0.2, 0.25) is 0 Å². The van der Waals surface area contributed by atoms with Crippen LogP contribution in [-0.4, -0.2) is 42.2 Å². The number of nitrogens with zero attached hydrogens (tertiary/aromatic N) is 1. The van der Waals surface area contributed by atoms with E-state index in [0.717, 1.165) is 6.42 Å². The molecule has 1 fully saturated rings. The Morgan fingerprint density at radius 3 is 2.90 bits per heavy atom. The Kier molecular flexibility index (Phi) is 4.45. The minimum Gasteiger partial charge on any atom is -0.495 e. The first-order valence-electron chi connectivity index (χ1n) is 6.51. The highest BCUT2D eigenvalue weighted by atomic mass is 16.5. The van der Waals surface area contributed by atoms with Gasteiger partial charge in [0, 0.05) is 19.5 Å². The molecule has 1 heterocycles. The van der Waals surface area contributed by atoms with E-state index in [2.05, 4.69) is 5.32 Å². The third-order valence-corrected chi connectivity index (χ3v) is 3.38. The van der Waals surface area contributed by atoms with Gasteiger partial charge in [0.1, 0.15) is 5.75 Å². The van der Waals surface area contributed by atoms with Crippen molar-refractivity contribution in [1.29, 1.82) is 0 Å². The van der Waals surface area contributed by atoms with E-state index in [-0.39, 0.29) is 18.4 Å². The number of anilines is 1. The van der Waals surface area contributed by atoms with Crippen molar-refractivity contribution in [1.82, 2.24) is 4.90 Å². The molecule has 2 N–H and O–H groups in total. The Morgan fingerprint density at radius 1 is 1.45 bits per heavy atom. The van der Waals surface area contributed by atoms with Crippen molar-refractivity contribution in [3.63, 3.8) is 0 Å². The lowest BCUT2D eigenvalue weighted by molar-refractivity contribution is -0.138. The second-order valence-electron chi connectivity index (χ2n) is 4.83. The van der Waals surface area contributed by atoms with E-state index in [1.54, 1.807) is 24.1 Å². The van der Waals surface area contributed by atoms with Gasteiger partial charge in [0.15, 0.2) is 0 Å². The minimum atomic E-state index is -0.818. The molecule has 1 atom stereocenters. The molecule has 6 heteroatoms. The predicted octanol–water partition coefficient (Wildman–Crippen LogP) is 2.02. The fourth-order valence-electron chi connectivity index (χ4n) is 2.37. The number of hydrogen-bond acceptors (Lipinski definition) is 3. The first kappa shape index (κ1) is 14.2. The number of hydrogen-bond donors (Lipinski definition) is 2. The van der Waals surface area contributed by atoms with Gasteiger partial charge < -0.3 is 20.1 Å². The Hall–Kier alpha value is -2.24. The van der Waals surface area contributed by atoms with Crippen LogP contribution in [0.25, 0.3) is 0 Å². The smallest absolute Gasteiger partial charge is 0.321 e. The quantitative estimate of drug-likeness (QED) is 0.883. The zero-order valence-electron chi connectivity index (χ0n) is 11.3. The maximum absolute atomic E-state index is 12.1. The number of urea groups is 1. The van der Waals surface area contributed by atoms with Crippen LogP contribution in [0.1, 0.15) is 12.8 Å². The number of carboxylic acids is 1. The zero-order valence-corrected chi connectivity index (χ0v) is 11.3. The summed E-state index contributed by atoms with van der Waals surface area (Å²) in [5.74, 6) is -0.181. The largest absolute Gasteiger partial charge is 0.495 e. The highest BCUT2D eigenvalue weighted by Crippen LogP contribution is 2.25. The number of carboxylic acid groups (broad SMARTS) is 1. The number of amides is 2. The maximum Gasteiger partial charge on any atom is 0.321 e. The monoisotopic (exact) mass is 278 g/mol. The average Bonchev–Trinajstić information content (AvgIpc) is 2.87. The van der Waals surface area contributed by atoms with Crippen LogP contribution in [0.15, 0.2) is 24.3 Å². The molecule has 0 aromatic heterocycles. The van der Waals surface area contributed by atoms with Gasteiger partial charge in [0.25, 0.3) is 0 Å². The Labute approximate surface area is 117 Å². The van der Waals surface area contributed by atoms with E-state index in [1.165, 1.54) is 0 Å². The van der Waals surface area contributed by atoms with Crippen molar-refractivity contribution < 1.29 is 19.4 Å². The van der Waals surface area contributed by atoms with Gasteiger partial charge in [-0.15, -0.1) is 0 Å². The third kappa shape index (κ3) is 3.40. The first-order valence-corrected chi connectivity index (χ1v) is 6.51. The number of ether oxygens (including phenoxy) is 1. The van der Waals surface area contributed by atoms with Crippen molar-refractivity contribution in [3.8, 4) is 5.75 Å². The summed E-state index contributed by atoms with van der Waals surface area (Å²) in [6.07, 6.45) is 0.837. The normalized spacial score (nSPS) is 17.9. The van der Waals surface area contributed by atoms with E-state index in [9.17, 15) is 9.59 Å². The summed E-state index contributed by atoms with van der Waals surface area (Å²) in [6.45, 7) is 1.06. The van der Waals surface area contributed by atoms with Gasteiger partial charge in [-0.1, -0.05) is 12.1 Å². The van der Waals surface area contributed by atoms with Crippen LogP contribution < -0.4 is 10.1 Å². The third-order valence-electron chi connectivity index (χ3n) is 3.38. The van der Waals surface area contributed by atoms with Gasteiger partial charge in [-0.2, -0.15) is 0 Å². The SMILES string of the molecule is COc1ccccc1NC(=O)N1CCC(CC(=O)O)C1. The molecule has 0 bridgehead atoms. The molecular formula is C14H18N2O4. The molecule has 2 amide bonds. The summed E-state index contributed by atoms with van der Waals surface area (Å²) in [7, 11) is 1.55. The summed E-state index contributed by atoms with van der Waals surface area (Å²) < 4.78 is 5.17. The van der Waals surface area contributed by atoms with Crippen molar-refractivity contribution >= 4 is 17.7 Å². The minimum absolute atomic E-state index is 0.0379. The highest BCUT2D eigenvalue weighted by molar-refractivity contribution is 5.91. The standard InChI is InChI=1S/C14H18N2O4/c1-20-12-5-3-2-4-11(12)15-14(19)16-7-6-10(9-16)8-13(17)18/h2-5,10H,6-9H2,1H3,(H,15,19)(H,17,18). The van der Waals surface area contributed by atoms with E-state index in [0.29, 0.717) is 24.5 Å². The molecule has 0 saturated carbocycles. The number of carbonyl (C=O) groups is 2. The van der Waals surface area contributed by atoms with Gasteiger partial charge in [0.05, 0.1) is 12.8 Å². The van der Waals surface area contributed by atoms with Crippen molar-refractivity contribution in [2.24, 2.45) is 5.92 Å². The van der Waals surface area contributed by atoms with E-state index < -0.39 is 5.97 Å². The highest BCUT2D eigenvalue weighted by Gasteiger charge is 2.28. The molecule has 1 aliphatic rings. The number of likely N-dealkylation sites (tertiary alicyclic amines) is 1. The molecule has 1 aromatic rings. The first-order chi connectivity index (χ1) is 9.60. The van der Waals surface area contributed by atoms with Crippen LogP contribution in [0.4, 0.5) is 10.5 Å². The number of para-hydroxylation sites is 2. The Balaban J connectivity index is 1.94. The summed E-state index contributed by atoms with van der Waals surface area (Å²) in [4.78, 5) is 24.4. The molecule has 20 heavy (non-hydrogen) atoms.